The molecule has 1 aliphatic heterocycles. The zero-order valence-electron chi connectivity index (χ0n) is 20.9. The molecule has 30 heavy (non-hydrogen) atoms. The molecule has 1 nitrogen and oxygen atoms in total. The summed E-state index contributed by atoms with van der Waals surface area (Å²) in [4.78, 5) is 0. The Hall–Kier alpha value is -1.63. The predicted molar refractivity (Wildman–Crippen MR) is 126 cm³/mol. The van der Waals surface area contributed by atoms with Crippen LogP contribution in [0, 0.1) is 5.41 Å². The maximum Gasteiger partial charge on any atom is 0.213 e. The Kier molecular flexibility index (Phi) is 3.65. The molecule has 0 bridgehead atoms. The zero-order valence-corrected chi connectivity index (χ0v) is 20.9. The van der Waals surface area contributed by atoms with Crippen molar-refractivity contribution >= 4 is 0 Å². The van der Waals surface area contributed by atoms with Gasteiger partial charge >= 0.3 is 0 Å². The summed E-state index contributed by atoms with van der Waals surface area (Å²) in [6.07, 6.45) is 4.86. The van der Waals surface area contributed by atoms with Crippen molar-refractivity contribution in [1.29, 1.82) is 0 Å². The number of fused-ring (bicyclic) bond motifs is 5. The molecule has 5 rings (SSSR count). The van der Waals surface area contributed by atoms with E-state index < -0.39 is 0 Å². The molecule has 0 saturated heterocycles. The van der Waals surface area contributed by atoms with Crippen LogP contribution in [0.5, 0.6) is 0 Å². The topological polar surface area (TPSA) is 3.88 Å². The molecule has 0 saturated carbocycles. The van der Waals surface area contributed by atoms with E-state index in [1.54, 1.807) is 27.8 Å². The fraction of sp³-hybridized carbons (Fsp3) is 0.621. The van der Waals surface area contributed by atoms with Gasteiger partial charge in [0.25, 0.3) is 0 Å². The van der Waals surface area contributed by atoms with Crippen molar-refractivity contribution in [3.05, 3.63) is 52.2 Å². The van der Waals surface area contributed by atoms with E-state index in [2.05, 4.69) is 98.2 Å². The number of aryl methyl sites for hydroxylation is 2. The Labute approximate surface area is 183 Å². The Bertz CT molecular complexity index is 1090. The van der Waals surface area contributed by atoms with Gasteiger partial charge < -0.3 is 0 Å². The lowest BCUT2D eigenvalue weighted by Crippen LogP contribution is -2.42. The monoisotopic (exact) mass is 402 g/mol. The molecule has 0 fully saturated rings. The van der Waals surface area contributed by atoms with E-state index in [9.17, 15) is 0 Å². The highest BCUT2D eigenvalue weighted by molar-refractivity contribution is 5.69. The van der Waals surface area contributed by atoms with Crippen molar-refractivity contribution in [3.8, 4) is 11.3 Å². The van der Waals surface area contributed by atoms with Crippen LogP contribution in [0.1, 0.15) is 103 Å². The summed E-state index contributed by atoms with van der Waals surface area (Å²) in [6.45, 7) is 25.5. The van der Waals surface area contributed by atoms with Crippen LogP contribution in [-0.4, -0.2) is 0 Å². The van der Waals surface area contributed by atoms with Gasteiger partial charge in [0.15, 0.2) is 12.7 Å². The molecule has 2 aromatic rings. The molecule has 2 heterocycles. The van der Waals surface area contributed by atoms with Crippen molar-refractivity contribution in [2.45, 2.75) is 110 Å². The molecule has 1 aromatic carbocycles. The first-order chi connectivity index (χ1) is 13.6. The summed E-state index contributed by atoms with van der Waals surface area (Å²) in [5.74, 6) is 0. The van der Waals surface area contributed by atoms with Gasteiger partial charge in [0.05, 0.1) is 0 Å². The minimum Gasteiger partial charge on any atom is -0.198 e. The molecule has 0 N–H and O–H groups in total. The van der Waals surface area contributed by atoms with Crippen molar-refractivity contribution in [2.75, 3.05) is 0 Å². The lowest BCUT2D eigenvalue weighted by molar-refractivity contribution is -0.688. The first-order valence-corrected chi connectivity index (χ1v) is 11.9. The van der Waals surface area contributed by atoms with E-state index in [1.807, 2.05) is 0 Å². The SMILES string of the molecule is CC1(C)CC(C)(C)c2c[n+]3c(cc21)-c1cc2c(cc1CC3)C(C)(C)C(C)(C)C2(C)C. The molecule has 0 spiro atoms. The van der Waals surface area contributed by atoms with Crippen LogP contribution in [0.2, 0.25) is 0 Å². The quantitative estimate of drug-likeness (QED) is 0.429. The van der Waals surface area contributed by atoms with Gasteiger partial charge in [-0.25, -0.2) is 0 Å². The van der Waals surface area contributed by atoms with Crippen molar-refractivity contribution < 1.29 is 4.57 Å². The van der Waals surface area contributed by atoms with E-state index >= 15 is 0 Å². The minimum absolute atomic E-state index is 0.154. The zero-order chi connectivity index (χ0) is 22.1. The van der Waals surface area contributed by atoms with E-state index in [0.717, 1.165) is 13.0 Å². The summed E-state index contributed by atoms with van der Waals surface area (Å²) < 4.78 is 2.55. The van der Waals surface area contributed by atoms with Gasteiger partial charge in [-0.15, -0.1) is 0 Å². The number of benzene rings is 1. The van der Waals surface area contributed by atoms with E-state index in [0.29, 0.717) is 0 Å². The normalized spacial score (nSPS) is 25.3. The second-order valence-electron chi connectivity index (χ2n) is 13.3. The molecule has 0 atom stereocenters. The smallest absolute Gasteiger partial charge is 0.198 e. The van der Waals surface area contributed by atoms with Crippen molar-refractivity contribution in [3.63, 3.8) is 0 Å². The van der Waals surface area contributed by atoms with Gasteiger partial charge in [-0.2, -0.15) is 4.57 Å². The van der Waals surface area contributed by atoms with E-state index in [-0.39, 0.29) is 27.1 Å². The fourth-order valence-corrected chi connectivity index (χ4v) is 7.22. The lowest BCUT2D eigenvalue weighted by atomic mass is 9.59. The van der Waals surface area contributed by atoms with Crippen LogP contribution in [0.25, 0.3) is 11.3 Å². The van der Waals surface area contributed by atoms with Gasteiger partial charge in [0.2, 0.25) is 5.69 Å². The first kappa shape index (κ1) is 20.3. The van der Waals surface area contributed by atoms with Gasteiger partial charge in [0.1, 0.15) is 0 Å². The molecular weight excluding hydrogens is 362 g/mol. The highest BCUT2D eigenvalue weighted by Gasteiger charge is 2.57. The second-order valence-corrected chi connectivity index (χ2v) is 13.3. The van der Waals surface area contributed by atoms with Crippen LogP contribution in [-0.2, 0) is 34.6 Å². The molecule has 0 unspecified atom stereocenters. The van der Waals surface area contributed by atoms with Crippen molar-refractivity contribution in [1.82, 2.24) is 0 Å². The van der Waals surface area contributed by atoms with Crippen LogP contribution >= 0.6 is 0 Å². The third-order valence-electron chi connectivity index (χ3n) is 10.1. The maximum atomic E-state index is 2.58. The number of hydrogen-bond acceptors (Lipinski definition) is 0. The molecule has 2 aliphatic carbocycles. The number of rotatable bonds is 0. The number of nitrogens with zero attached hydrogens (tertiary/aromatic N) is 1. The molecular formula is C29H40N+. The summed E-state index contributed by atoms with van der Waals surface area (Å²) in [5.41, 5.74) is 11.8. The Balaban J connectivity index is 1.77. The van der Waals surface area contributed by atoms with Gasteiger partial charge in [-0.3, -0.25) is 0 Å². The third kappa shape index (κ3) is 2.22. The summed E-state index contributed by atoms with van der Waals surface area (Å²) in [5, 5.41) is 0. The second kappa shape index (κ2) is 5.40. The molecule has 1 aromatic heterocycles. The summed E-state index contributed by atoms with van der Waals surface area (Å²) in [6, 6.07) is 7.70. The lowest BCUT2D eigenvalue weighted by Gasteiger charge is -2.44. The van der Waals surface area contributed by atoms with Crippen LogP contribution in [0.3, 0.4) is 0 Å². The van der Waals surface area contributed by atoms with Gasteiger partial charge in [-0.05, 0) is 61.8 Å². The van der Waals surface area contributed by atoms with E-state index in [4.69, 9.17) is 0 Å². The number of aromatic nitrogens is 1. The highest BCUT2D eigenvalue weighted by Crippen LogP contribution is 2.62. The standard InChI is InChI=1S/C29H40N/c1-25(2)17-26(3,4)23-16-30-12-11-18-13-21-22(14-19(18)24(30)15-20(23)25)28(7,8)29(9,10)27(21,5)6/h13-16H,11-12,17H2,1-10H3/q+1. The minimum atomic E-state index is 0.154. The molecule has 3 aliphatic rings. The molecule has 1 heteroatoms. The highest BCUT2D eigenvalue weighted by atomic mass is 15.0. The van der Waals surface area contributed by atoms with Crippen LogP contribution in [0.15, 0.2) is 24.4 Å². The average Bonchev–Trinajstić information content (AvgIpc) is 2.87. The average molecular weight is 403 g/mol. The van der Waals surface area contributed by atoms with Crippen LogP contribution < -0.4 is 4.57 Å². The van der Waals surface area contributed by atoms with Crippen molar-refractivity contribution in [2.24, 2.45) is 5.41 Å². The predicted octanol–water partition coefficient (Wildman–Crippen LogP) is 6.75. The summed E-state index contributed by atoms with van der Waals surface area (Å²) in [7, 11) is 0. The number of hydrogen-bond donors (Lipinski definition) is 0. The first-order valence-electron chi connectivity index (χ1n) is 11.9. The molecule has 160 valence electrons. The molecule has 0 amide bonds. The maximum absolute atomic E-state index is 2.58. The summed E-state index contributed by atoms with van der Waals surface area (Å²) >= 11 is 0. The third-order valence-corrected chi connectivity index (χ3v) is 10.1. The van der Waals surface area contributed by atoms with Crippen LogP contribution in [0.4, 0.5) is 0 Å². The van der Waals surface area contributed by atoms with Gasteiger partial charge in [-0.1, -0.05) is 75.3 Å². The Morgan fingerprint density at radius 3 is 1.87 bits per heavy atom. The van der Waals surface area contributed by atoms with Gasteiger partial charge in [0, 0.05) is 23.6 Å². The number of pyridine rings is 1. The largest absolute Gasteiger partial charge is 0.213 e. The Morgan fingerprint density at radius 2 is 1.23 bits per heavy atom. The Morgan fingerprint density at radius 1 is 0.667 bits per heavy atom. The fourth-order valence-electron chi connectivity index (χ4n) is 7.22. The molecule has 0 radical (unpaired) electrons. The van der Waals surface area contributed by atoms with E-state index in [1.165, 1.54) is 17.7 Å².